The maximum absolute atomic E-state index is 5.56. The molecule has 0 radical (unpaired) electrons. The van der Waals surface area contributed by atoms with Gasteiger partial charge in [-0.25, -0.2) is 4.98 Å². The molecule has 0 spiro atoms. The van der Waals surface area contributed by atoms with Gasteiger partial charge in [-0.3, -0.25) is 9.67 Å². The zero-order valence-electron chi connectivity index (χ0n) is 9.80. The Hall–Kier alpha value is -1.43. The number of oxazole rings is 1. The molecule has 1 unspecified atom stereocenters. The monoisotopic (exact) mass is 250 g/mol. The van der Waals surface area contributed by atoms with E-state index in [2.05, 4.69) is 15.2 Å². The highest BCUT2D eigenvalue weighted by Crippen LogP contribution is 2.40. The minimum atomic E-state index is -0.00875. The van der Waals surface area contributed by atoms with Gasteiger partial charge >= 0.3 is 0 Å². The summed E-state index contributed by atoms with van der Waals surface area (Å²) in [6.07, 6.45) is 4.11. The molecule has 5 nitrogen and oxygen atoms in total. The van der Waals surface area contributed by atoms with Gasteiger partial charge in [0.05, 0.1) is 6.20 Å². The summed E-state index contributed by atoms with van der Waals surface area (Å²) in [5, 5.41) is 7.17. The Morgan fingerprint density at radius 2 is 2.35 bits per heavy atom. The molecule has 3 rings (SSSR count). The Balaban J connectivity index is 2.03. The molecule has 1 saturated carbocycles. The van der Waals surface area contributed by atoms with Gasteiger partial charge in [0.2, 0.25) is 5.89 Å². The number of nitrogens with zero attached hydrogens (tertiary/aromatic N) is 3. The van der Waals surface area contributed by atoms with Crippen LogP contribution in [0.3, 0.4) is 0 Å². The average molecular weight is 250 g/mol. The molecule has 6 heteroatoms. The summed E-state index contributed by atoms with van der Waals surface area (Å²) in [6.45, 7) is 3.92. The Labute approximate surface area is 104 Å². The van der Waals surface area contributed by atoms with Gasteiger partial charge in [0.1, 0.15) is 17.6 Å². The summed E-state index contributed by atoms with van der Waals surface area (Å²) in [6, 6.07) is -0.00875. The van der Waals surface area contributed by atoms with Crippen LogP contribution in [0, 0.1) is 11.7 Å². The normalized spacial score (nSPS) is 17.3. The lowest BCUT2D eigenvalue weighted by molar-refractivity contribution is 0.407. The first kappa shape index (κ1) is 10.7. The third-order valence-electron chi connectivity index (χ3n) is 3.06. The van der Waals surface area contributed by atoms with E-state index in [-0.39, 0.29) is 6.04 Å². The summed E-state index contributed by atoms with van der Waals surface area (Å²) < 4.78 is 8.21. The number of aryl methyl sites for hydroxylation is 1. The lowest BCUT2D eigenvalue weighted by atomic mass is 10.3. The molecule has 1 N–H and O–H groups in total. The van der Waals surface area contributed by atoms with Crippen LogP contribution in [0.2, 0.25) is 0 Å². The molecule has 2 aromatic heterocycles. The zero-order chi connectivity index (χ0) is 12.0. The largest absolute Gasteiger partial charge is 0.444 e. The molecule has 0 aliphatic heterocycles. The molecular weight excluding hydrogens is 236 g/mol. The van der Waals surface area contributed by atoms with Crippen molar-refractivity contribution in [2.45, 2.75) is 38.6 Å². The van der Waals surface area contributed by atoms with Crippen molar-refractivity contribution in [2.24, 2.45) is 0 Å². The number of hydrogen-bond acceptors (Lipinski definition) is 4. The first-order chi connectivity index (χ1) is 8.16. The topological polar surface area (TPSA) is 59.6 Å². The van der Waals surface area contributed by atoms with Crippen molar-refractivity contribution in [2.75, 3.05) is 0 Å². The van der Waals surface area contributed by atoms with Gasteiger partial charge in [-0.05, 0) is 38.9 Å². The molecule has 0 amide bonds. The first-order valence-electron chi connectivity index (χ1n) is 5.76. The van der Waals surface area contributed by atoms with E-state index in [0.717, 1.165) is 11.6 Å². The molecule has 1 fully saturated rings. The Morgan fingerprint density at radius 3 is 2.94 bits per heavy atom. The minimum Gasteiger partial charge on any atom is -0.444 e. The number of hydrogen-bond donors (Lipinski definition) is 1. The maximum atomic E-state index is 5.56. The smallest absolute Gasteiger partial charge is 0.217 e. The molecule has 1 atom stereocenters. The van der Waals surface area contributed by atoms with E-state index in [0.29, 0.717) is 16.6 Å². The molecule has 1 aliphatic rings. The van der Waals surface area contributed by atoms with Gasteiger partial charge in [-0.15, -0.1) is 0 Å². The molecule has 2 aromatic rings. The van der Waals surface area contributed by atoms with Crippen LogP contribution < -0.4 is 0 Å². The fraction of sp³-hybridized carbons (Fsp3) is 0.545. The molecule has 0 bridgehead atoms. The van der Waals surface area contributed by atoms with Crippen molar-refractivity contribution in [1.82, 2.24) is 19.7 Å². The van der Waals surface area contributed by atoms with Gasteiger partial charge in [0.15, 0.2) is 4.77 Å². The number of H-pyrrole nitrogens is 1. The van der Waals surface area contributed by atoms with Crippen molar-refractivity contribution in [3.05, 3.63) is 28.4 Å². The van der Waals surface area contributed by atoms with E-state index >= 15 is 0 Å². The van der Waals surface area contributed by atoms with E-state index in [1.165, 1.54) is 12.8 Å². The molecule has 0 saturated heterocycles. The maximum Gasteiger partial charge on any atom is 0.217 e. The van der Waals surface area contributed by atoms with Crippen LogP contribution in [0.25, 0.3) is 0 Å². The van der Waals surface area contributed by atoms with Crippen LogP contribution in [0.4, 0.5) is 0 Å². The van der Waals surface area contributed by atoms with E-state index in [1.807, 2.05) is 18.4 Å². The van der Waals surface area contributed by atoms with Crippen LogP contribution in [-0.4, -0.2) is 19.7 Å². The van der Waals surface area contributed by atoms with E-state index in [9.17, 15) is 0 Å². The van der Waals surface area contributed by atoms with Gasteiger partial charge in [0.25, 0.3) is 0 Å². The van der Waals surface area contributed by atoms with Crippen LogP contribution in [-0.2, 0) is 0 Å². The Kier molecular flexibility index (Phi) is 2.39. The summed E-state index contributed by atoms with van der Waals surface area (Å²) >= 11 is 5.28. The van der Waals surface area contributed by atoms with Gasteiger partial charge in [0, 0.05) is 5.92 Å². The second kappa shape index (κ2) is 3.80. The summed E-state index contributed by atoms with van der Waals surface area (Å²) in [5.74, 6) is 3.07. The number of rotatable bonds is 3. The number of nitrogens with one attached hydrogen (secondary N) is 1. The summed E-state index contributed by atoms with van der Waals surface area (Å²) in [4.78, 5) is 4.26. The average Bonchev–Trinajstić information content (AvgIpc) is 2.94. The quantitative estimate of drug-likeness (QED) is 0.851. The molecule has 90 valence electrons. The third-order valence-corrected chi connectivity index (χ3v) is 3.35. The molecule has 1 aliphatic carbocycles. The fourth-order valence-corrected chi connectivity index (χ4v) is 2.29. The molecule has 0 aromatic carbocycles. The van der Waals surface area contributed by atoms with Crippen molar-refractivity contribution in [3.63, 3.8) is 0 Å². The lowest BCUT2D eigenvalue weighted by Gasteiger charge is -2.11. The standard InChI is InChI=1S/C11H14N4OS/c1-6-5-12-10(16-6)7(2)15-9(8-3-4-8)13-14-11(15)17/h5,7-8H,3-4H2,1-2H3,(H,14,17). The Morgan fingerprint density at radius 1 is 1.59 bits per heavy atom. The first-order valence-corrected chi connectivity index (χ1v) is 6.16. The van der Waals surface area contributed by atoms with Gasteiger partial charge < -0.3 is 4.42 Å². The predicted octanol–water partition coefficient (Wildman–Crippen LogP) is 2.72. The highest BCUT2D eigenvalue weighted by Gasteiger charge is 2.31. The van der Waals surface area contributed by atoms with E-state index in [4.69, 9.17) is 16.6 Å². The second-order valence-corrected chi connectivity index (χ2v) is 4.90. The van der Waals surface area contributed by atoms with E-state index in [1.54, 1.807) is 6.20 Å². The SMILES string of the molecule is Cc1cnc(C(C)n2c(C3CC3)n[nH]c2=S)o1. The van der Waals surface area contributed by atoms with Crippen LogP contribution in [0.1, 0.15) is 49.2 Å². The fourth-order valence-electron chi connectivity index (χ4n) is 2.00. The minimum absolute atomic E-state index is 0.00875. The molecular formula is C11H14N4OS. The highest BCUT2D eigenvalue weighted by atomic mass is 32.1. The Bertz CT molecular complexity index is 593. The third kappa shape index (κ3) is 1.82. The summed E-state index contributed by atoms with van der Waals surface area (Å²) in [7, 11) is 0. The highest BCUT2D eigenvalue weighted by molar-refractivity contribution is 7.71. The van der Waals surface area contributed by atoms with Crippen molar-refractivity contribution < 1.29 is 4.42 Å². The van der Waals surface area contributed by atoms with Crippen molar-refractivity contribution in [3.8, 4) is 0 Å². The number of aromatic nitrogens is 4. The van der Waals surface area contributed by atoms with Crippen LogP contribution >= 0.6 is 12.2 Å². The second-order valence-electron chi connectivity index (χ2n) is 4.52. The molecule has 17 heavy (non-hydrogen) atoms. The lowest BCUT2D eigenvalue weighted by Crippen LogP contribution is -2.10. The van der Waals surface area contributed by atoms with E-state index < -0.39 is 0 Å². The zero-order valence-corrected chi connectivity index (χ0v) is 10.6. The molecule has 2 heterocycles. The summed E-state index contributed by atoms with van der Waals surface area (Å²) in [5.41, 5.74) is 0. The van der Waals surface area contributed by atoms with Gasteiger partial charge in [-0.2, -0.15) is 5.10 Å². The van der Waals surface area contributed by atoms with Crippen molar-refractivity contribution >= 4 is 12.2 Å². The predicted molar refractivity (Wildman–Crippen MR) is 64.4 cm³/mol. The van der Waals surface area contributed by atoms with Crippen molar-refractivity contribution in [1.29, 1.82) is 0 Å². The van der Waals surface area contributed by atoms with Crippen LogP contribution in [0.15, 0.2) is 10.6 Å². The van der Waals surface area contributed by atoms with Crippen LogP contribution in [0.5, 0.6) is 0 Å². The van der Waals surface area contributed by atoms with Gasteiger partial charge in [-0.1, -0.05) is 0 Å². The number of aromatic amines is 1.